The fourth-order valence-electron chi connectivity index (χ4n) is 3.13. The van der Waals surface area contributed by atoms with Crippen molar-refractivity contribution in [1.82, 2.24) is 9.88 Å². The number of fused-ring (bicyclic) bond motifs is 1. The molecular weight excluding hydrogens is 390 g/mol. The van der Waals surface area contributed by atoms with E-state index in [1.54, 1.807) is 11.3 Å². The Hall–Kier alpha value is -1.95. The molecule has 1 heterocycles. The van der Waals surface area contributed by atoms with Gasteiger partial charge in [0.25, 0.3) is 0 Å². The summed E-state index contributed by atoms with van der Waals surface area (Å²) < 4.78 is 1.15. The van der Waals surface area contributed by atoms with Crippen LogP contribution < -0.4 is 4.90 Å². The van der Waals surface area contributed by atoms with E-state index >= 15 is 0 Å². The molecule has 3 aromatic rings. The third-order valence-corrected chi connectivity index (χ3v) is 5.62. The van der Waals surface area contributed by atoms with Crippen LogP contribution in [-0.2, 0) is 11.2 Å². The van der Waals surface area contributed by atoms with E-state index < -0.39 is 0 Å². The quantitative estimate of drug-likeness (QED) is 0.550. The second-order valence-electron chi connectivity index (χ2n) is 7.26. The molecule has 6 heteroatoms. The summed E-state index contributed by atoms with van der Waals surface area (Å²) in [6, 6.07) is 14.5. The normalized spacial score (nSPS) is 10.9. The first-order chi connectivity index (χ1) is 12.9. The number of nitrogens with zero attached hydrogens (tertiary/aromatic N) is 3. The van der Waals surface area contributed by atoms with E-state index in [1.807, 2.05) is 37.2 Å². The van der Waals surface area contributed by atoms with Gasteiger partial charge in [-0.15, -0.1) is 12.4 Å². The number of likely N-dealkylation sites (N-methyl/N-ethyl adjacent to an activating group) is 1. The first kappa shape index (κ1) is 22.3. The lowest BCUT2D eigenvalue weighted by molar-refractivity contribution is -0.118. The van der Waals surface area contributed by atoms with Gasteiger partial charge in [-0.3, -0.25) is 9.69 Å². The molecule has 0 aliphatic rings. The number of halogens is 1. The van der Waals surface area contributed by atoms with Crippen molar-refractivity contribution in [2.75, 3.05) is 32.1 Å². The number of carbonyl (C=O) groups is 1. The number of anilines is 1. The first-order valence-electron chi connectivity index (χ1n) is 9.31. The van der Waals surface area contributed by atoms with Crippen LogP contribution >= 0.6 is 23.7 Å². The highest BCUT2D eigenvalue weighted by molar-refractivity contribution is 7.22. The van der Waals surface area contributed by atoms with Crippen LogP contribution in [0.1, 0.15) is 23.1 Å². The molecule has 0 aliphatic heterocycles. The Labute approximate surface area is 177 Å². The molecule has 0 aliphatic carbocycles. The summed E-state index contributed by atoms with van der Waals surface area (Å²) in [5, 5.41) is 0.804. The molecule has 28 heavy (non-hydrogen) atoms. The van der Waals surface area contributed by atoms with Gasteiger partial charge in [-0.2, -0.15) is 0 Å². The van der Waals surface area contributed by atoms with E-state index in [0.717, 1.165) is 33.9 Å². The lowest BCUT2D eigenvalue weighted by atomic mass is 10.1. The minimum atomic E-state index is 0. The van der Waals surface area contributed by atoms with Gasteiger partial charge in [0.05, 0.1) is 10.2 Å². The molecule has 0 unspecified atom stereocenters. The topological polar surface area (TPSA) is 36.4 Å². The lowest BCUT2D eigenvalue weighted by Gasteiger charge is -2.22. The molecule has 0 radical (unpaired) electrons. The van der Waals surface area contributed by atoms with Crippen LogP contribution in [0.4, 0.5) is 5.13 Å². The Balaban J connectivity index is 0.00000280. The molecule has 1 aromatic heterocycles. The molecule has 4 nitrogen and oxygen atoms in total. The molecule has 0 atom stereocenters. The Kier molecular flexibility index (Phi) is 7.98. The Morgan fingerprint density at radius 1 is 1.07 bits per heavy atom. The molecule has 0 saturated heterocycles. The third-order valence-electron chi connectivity index (χ3n) is 4.59. The first-order valence-corrected chi connectivity index (χ1v) is 10.1. The molecule has 2 aromatic carbocycles. The number of amides is 1. The number of rotatable bonds is 7. The maximum atomic E-state index is 13.0. The fourth-order valence-corrected chi connectivity index (χ4v) is 4.32. The largest absolute Gasteiger partial charge is 0.308 e. The fraction of sp³-hybridized carbons (Fsp3) is 0.364. The molecule has 0 N–H and O–H groups in total. The van der Waals surface area contributed by atoms with Gasteiger partial charge >= 0.3 is 0 Å². The van der Waals surface area contributed by atoms with Crippen LogP contribution in [0.2, 0.25) is 0 Å². The molecule has 150 valence electrons. The van der Waals surface area contributed by atoms with Crippen LogP contribution in [-0.4, -0.2) is 43.0 Å². The summed E-state index contributed by atoms with van der Waals surface area (Å²) in [4.78, 5) is 21.8. The van der Waals surface area contributed by atoms with E-state index in [-0.39, 0.29) is 18.3 Å². The van der Waals surface area contributed by atoms with E-state index in [2.05, 4.69) is 43.0 Å². The van der Waals surface area contributed by atoms with Gasteiger partial charge in [0.1, 0.15) is 0 Å². The van der Waals surface area contributed by atoms with Crippen molar-refractivity contribution in [3.8, 4) is 0 Å². The molecular formula is C22H28ClN3OS. The predicted octanol–water partition coefficient (Wildman–Crippen LogP) is 4.86. The average Bonchev–Trinajstić information content (AvgIpc) is 3.04. The molecule has 1 amide bonds. The van der Waals surface area contributed by atoms with E-state index in [0.29, 0.717) is 13.0 Å². The molecule has 0 spiro atoms. The van der Waals surface area contributed by atoms with Crippen LogP contribution in [0.3, 0.4) is 0 Å². The van der Waals surface area contributed by atoms with Gasteiger partial charge in [0.2, 0.25) is 5.91 Å². The van der Waals surface area contributed by atoms with Crippen LogP contribution in [0, 0.1) is 13.8 Å². The van der Waals surface area contributed by atoms with Crippen molar-refractivity contribution in [3.63, 3.8) is 0 Å². The zero-order valence-corrected chi connectivity index (χ0v) is 18.6. The molecule has 0 saturated carbocycles. The number of benzene rings is 2. The summed E-state index contributed by atoms with van der Waals surface area (Å²) in [7, 11) is 4.05. The van der Waals surface area contributed by atoms with Gasteiger partial charge < -0.3 is 4.90 Å². The second kappa shape index (κ2) is 10.0. The van der Waals surface area contributed by atoms with Crippen LogP contribution in [0.5, 0.6) is 0 Å². The summed E-state index contributed by atoms with van der Waals surface area (Å²) in [6.45, 7) is 5.64. The summed E-state index contributed by atoms with van der Waals surface area (Å²) in [6.07, 6.45) is 1.24. The Morgan fingerprint density at radius 3 is 2.46 bits per heavy atom. The zero-order chi connectivity index (χ0) is 19.4. The lowest BCUT2D eigenvalue weighted by Crippen LogP contribution is -2.36. The standard InChI is InChI=1S/C22H27N3OS.ClH/c1-16-14-17(2)21-19(15-16)27-22(23-21)25(13-12-24(3)4)20(26)11-10-18-8-6-5-7-9-18;/h5-9,14-15H,10-13H2,1-4H3;1H. The Bertz CT molecular complexity index is 924. The van der Waals surface area contributed by atoms with Crippen molar-refractivity contribution in [1.29, 1.82) is 0 Å². The van der Waals surface area contributed by atoms with E-state index in [9.17, 15) is 4.79 Å². The monoisotopic (exact) mass is 417 g/mol. The van der Waals surface area contributed by atoms with E-state index in [4.69, 9.17) is 4.98 Å². The highest BCUT2D eigenvalue weighted by Crippen LogP contribution is 2.32. The minimum absolute atomic E-state index is 0. The molecule has 0 fully saturated rings. The molecule has 0 bridgehead atoms. The van der Waals surface area contributed by atoms with Gasteiger partial charge in [0.15, 0.2) is 5.13 Å². The maximum Gasteiger partial charge on any atom is 0.229 e. The highest BCUT2D eigenvalue weighted by atomic mass is 35.5. The van der Waals surface area contributed by atoms with Crippen LogP contribution in [0.15, 0.2) is 42.5 Å². The minimum Gasteiger partial charge on any atom is -0.308 e. The van der Waals surface area contributed by atoms with Crippen molar-refractivity contribution >= 4 is 45.0 Å². The van der Waals surface area contributed by atoms with Crippen molar-refractivity contribution in [3.05, 3.63) is 59.2 Å². The van der Waals surface area contributed by atoms with Crippen LogP contribution in [0.25, 0.3) is 10.2 Å². The number of carbonyl (C=O) groups excluding carboxylic acids is 1. The maximum absolute atomic E-state index is 13.0. The number of hydrogen-bond acceptors (Lipinski definition) is 4. The summed E-state index contributed by atoms with van der Waals surface area (Å²) in [5.74, 6) is 0.133. The van der Waals surface area contributed by atoms with Gasteiger partial charge in [0, 0.05) is 19.5 Å². The SMILES string of the molecule is Cc1cc(C)c2nc(N(CCN(C)C)C(=O)CCc3ccccc3)sc2c1.Cl. The predicted molar refractivity (Wildman–Crippen MR) is 122 cm³/mol. The average molecular weight is 418 g/mol. The number of aromatic nitrogens is 1. The van der Waals surface area contributed by atoms with E-state index in [1.165, 1.54) is 11.1 Å². The third kappa shape index (κ3) is 5.53. The number of hydrogen-bond donors (Lipinski definition) is 0. The van der Waals surface area contributed by atoms with Gasteiger partial charge in [-0.25, -0.2) is 4.98 Å². The summed E-state index contributed by atoms with van der Waals surface area (Å²) >= 11 is 1.61. The smallest absolute Gasteiger partial charge is 0.229 e. The second-order valence-corrected chi connectivity index (χ2v) is 8.27. The number of aryl methyl sites for hydroxylation is 3. The van der Waals surface area contributed by atoms with Gasteiger partial charge in [-0.1, -0.05) is 47.7 Å². The zero-order valence-electron chi connectivity index (χ0n) is 16.9. The number of thiazole rings is 1. The summed E-state index contributed by atoms with van der Waals surface area (Å²) in [5.41, 5.74) is 4.59. The van der Waals surface area contributed by atoms with Gasteiger partial charge in [-0.05, 0) is 57.1 Å². The van der Waals surface area contributed by atoms with Crippen molar-refractivity contribution in [2.45, 2.75) is 26.7 Å². The Morgan fingerprint density at radius 2 is 1.79 bits per heavy atom. The molecule has 3 rings (SSSR count). The van der Waals surface area contributed by atoms with Crippen molar-refractivity contribution < 1.29 is 4.79 Å². The highest BCUT2D eigenvalue weighted by Gasteiger charge is 2.20. The van der Waals surface area contributed by atoms with Crippen molar-refractivity contribution in [2.24, 2.45) is 0 Å².